The Hall–Kier alpha value is -1.86. The monoisotopic (exact) mass is 376 g/mol. The van der Waals surface area contributed by atoms with Gasteiger partial charge in [0.05, 0.1) is 6.61 Å². The highest BCUT2D eigenvalue weighted by Crippen LogP contribution is 2.29. The van der Waals surface area contributed by atoms with Gasteiger partial charge in [0.25, 0.3) is 0 Å². The Morgan fingerprint density at radius 3 is 1.68 bits per heavy atom. The van der Waals surface area contributed by atoms with Crippen LogP contribution in [0.25, 0.3) is 21.5 Å². The highest BCUT2D eigenvalue weighted by molar-refractivity contribution is 6.02. The fraction of sp³-hybridized carbons (Fsp3) is 0.481. The molecule has 0 atom stereocenters. The molecule has 0 aromatic heterocycles. The molecule has 3 rings (SSSR count). The lowest BCUT2D eigenvalue weighted by molar-refractivity contribution is 0.118. The molecule has 0 amide bonds. The van der Waals surface area contributed by atoms with Crippen LogP contribution in [-0.2, 0) is 11.3 Å². The molecule has 1 heteroatoms. The predicted octanol–water partition coefficient (Wildman–Crippen LogP) is 8.43. The van der Waals surface area contributed by atoms with Gasteiger partial charge in [-0.25, -0.2) is 0 Å². The van der Waals surface area contributed by atoms with Crippen molar-refractivity contribution in [1.82, 2.24) is 0 Å². The van der Waals surface area contributed by atoms with Gasteiger partial charge < -0.3 is 4.74 Å². The average Bonchev–Trinajstić information content (AvgIpc) is 2.73. The molecule has 28 heavy (non-hydrogen) atoms. The van der Waals surface area contributed by atoms with Crippen LogP contribution in [-0.4, -0.2) is 6.61 Å². The quantitative estimate of drug-likeness (QED) is 0.215. The summed E-state index contributed by atoms with van der Waals surface area (Å²) in [4.78, 5) is 0. The van der Waals surface area contributed by atoms with Crippen molar-refractivity contribution in [3.05, 3.63) is 60.2 Å². The van der Waals surface area contributed by atoms with Crippen molar-refractivity contribution in [2.45, 2.75) is 77.7 Å². The first kappa shape index (κ1) is 20.9. The van der Waals surface area contributed by atoms with E-state index in [2.05, 4.69) is 61.5 Å². The lowest BCUT2D eigenvalue weighted by atomic mass is 9.97. The molecule has 0 radical (unpaired) electrons. The Bertz CT molecular complexity index is 782. The maximum absolute atomic E-state index is 6.11. The average molecular weight is 377 g/mol. The van der Waals surface area contributed by atoms with Crippen LogP contribution in [0, 0.1) is 0 Å². The summed E-state index contributed by atoms with van der Waals surface area (Å²) in [7, 11) is 0. The number of fused-ring (bicyclic) bond motifs is 2. The molecule has 0 unspecified atom stereocenters. The third kappa shape index (κ3) is 6.07. The van der Waals surface area contributed by atoms with E-state index in [4.69, 9.17) is 4.74 Å². The molecule has 0 heterocycles. The van der Waals surface area contributed by atoms with Gasteiger partial charge in [0.15, 0.2) is 0 Å². The third-order valence-electron chi connectivity index (χ3n) is 5.77. The van der Waals surface area contributed by atoms with Gasteiger partial charge in [-0.1, -0.05) is 113 Å². The van der Waals surface area contributed by atoms with Crippen LogP contribution >= 0.6 is 0 Å². The molecular weight excluding hydrogens is 340 g/mol. The Balaban J connectivity index is 1.41. The van der Waals surface area contributed by atoms with Crippen LogP contribution < -0.4 is 0 Å². The first-order valence-electron chi connectivity index (χ1n) is 11.4. The van der Waals surface area contributed by atoms with E-state index in [0.29, 0.717) is 6.61 Å². The number of rotatable bonds is 13. The summed E-state index contributed by atoms with van der Waals surface area (Å²) < 4.78 is 6.11. The molecule has 3 aromatic rings. The highest BCUT2D eigenvalue weighted by atomic mass is 16.5. The van der Waals surface area contributed by atoms with E-state index in [1.807, 2.05) is 0 Å². The molecule has 0 aliphatic carbocycles. The van der Waals surface area contributed by atoms with Gasteiger partial charge in [-0.15, -0.1) is 0 Å². The first-order chi connectivity index (χ1) is 13.9. The fourth-order valence-electron chi connectivity index (χ4n) is 4.13. The Morgan fingerprint density at radius 1 is 0.607 bits per heavy atom. The molecule has 0 aliphatic heterocycles. The van der Waals surface area contributed by atoms with Gasteiger partial charge in [-0.05, 0) is 39.6 Å². The summed E-state index contributed by atoms with van der Waals surface area (Å²) >= 11 is 0. The van der Waals surface area contributed by atoms with E-state index in [0.717, 1.165) is 6.61 Å². The Morgan fingerprint density at radius 2 is 1.11 bits per heavy atom. The topological polar surface area (TPSA) is 9.23 Å². The number of hydrogen-bond acceptors (Lipinski definition) is 1. The zero-order chi connectivity index (χ0) is 19.4. The number of hydrogen-bond donors (Lipinski definition) is 0. The molecular formula is C27H36O. The SMILES string of the molecule is CCCCCCCCCCCCOCc1c2ccccc2cc2ccccc12. The molecule has 3 aromatic carbocycles. The van der Waals surface area contributed by atoms with Crippen molar-refractivity contribution in [1.29, 1.82) is 0 Å². The molecule has 0 spiro atoms. The summed E-state index contributed by atoms with van der Waals surface area (Å²) in [6, 6.07) is 19.6. The minimum atomic E-state index is 0.708. The summed E-state index contributed by atoms with van der Waals surface area (Å²) in [6.45, 7) is 3.86. The lowest BCUT2D eigenvalue weighted by Crippen LogP contribution is -1.98. The zero-order valence-corrected chi connectivity index (χ0v) is 17.6. The number of benzene rings is 3. The van der Waals surface area contributed by atoms with E-state index in [1.54, 1.807) is 0 Å². The van der Waals surface area contributed by atoms with Gasteiger partial charge in [-0.3, -0.25) is 0 Å². The van der Waals surface area contributed by atoms with Crippen molar-refractivity contribution >= 4 is 21.5 Å². The molecule has 0 N–H and O–H groups in total. The summed E-state index contributed by atoms with van der Waals surface area (Å²) in [5.74, 6) is 0. The summed E-state index contributed by atoms with van der Waals surface area (Å²) in [6.07, 6.45) is 13.6. The van der Waals surface area contributed by atoms with Gasteiger partial charge in [0.1, 0.15) is 0 Å². The van der Waals surface area contributed by atoms with Gasteiger partial charge in [0, 0.05) is 6.61 Å². The van der Waals surface area contributed by atoms with Gasteiger partial charge in [-0.2, -0.15) is 0 Å². The van der Waals surface area contributed by atoms with Crippen LogP contribution in [0.5, 0.6) is 0 Å². The highest BCUT2D eigenvalue weighted by Gasteiger charge is 2.07. The summed E-state index contributed by atoms with van der Waals surface area (Å²) in [5.41, 5.74) is 1.33. The normalized spacial score (nSPS) is 11.5. The van der Waals surface area contributed by atoms with Crippen LogP contribution in [0.15, 0.2) is 54.6 Å². The zero-order valence-electron chi connectivity index (χ0n) is 17.6. The number of unbranched alkanes of at least 4 members (excludes halogenated alkanes) is 9. The molecule has 0 saturated heterocycles. The Labute approximate surface area is 171 Å². The molecule has 150 valence electrons. The Kier molecular flexibility index (Phi) is 8.84. The van der Waals surface area contributed by atoms with Crippen molar-refractivity contribution in [3.8, 4) is 0 Å². The van der Waals surface area contributed by atoms with Crippen molar-refractivity contribution in [2.75, 3.05) is 6.61 Å². The minimum Gasteiger partial charge on any atom is -0.377 e. The maximum Gasteiger partial charge on any atom is 0.0728 e. The van der Waals surface area contributed by atoms with Gasteiger partial charge >= 0.3 is 0 Å². The smallest absolute Gasteiger partial charge is 0.0728 e. The van der Waals surface area contributed by atoms with Gasteiger partial charge in [0.2, 0.25) is 0 Å². The summed E-state index contributed by atoms with van der Waals surface area (Å²) in [5, 5.41) is 5.26. The standard InChI is InChI=1S/C27H36O/c1-2-3-4-5-6-7-8-9-10-15-20-28-22-27-25-18-13-11-16-23(25)21-24-17-12-14-19-26(24)27/h11-14,16-19,21H,2-10,15,20,22H2,1H3. The van der Waals surface area contributed by atoms with Crippen LogP contribution in [0.3, 0.4) is 0 Å². The predicted molar refractivity (Wildman–Crippen MR) is 123 cm³/mol. The van der Waals surface area contributed by atoms with Crippen molar-refractivity contribution < 1.29 is 4.74 Å². The van der Waals surface area contributed by atoms with E-state index in [1.165, 1.54) is 91.3 Å². The second-order valence-electron chi connectivity index (χ2n) is 8.03. The van der Waals surface area contributed by atoms with E-state index >= 15 is 0 Å². The van der Waals surface area contributed by atoms with Crippen LogP contribution in [0.4, 0.5) is 0 Å². The van der Waals surface area contributed by atoms with E-state index in [9.17, 15) is 0 Å². The van der Waals surface area contributed by atoms with Crippen molar-refractivity contribution in [3.63, 3.8) is 0 Å². The minimum absolute atomic E-state index is 0.708. The van der Waals surface area contributed by atoms with E-state index in [-0.39, 0.29) is 0 Å². The van der Waals surface area contributed by atoms with Crippen molar-refractivity contribution in [2.24, 2.45) is 0 Å². The van der Waals surface area contributed by atoms with E-state index < -0.39 is 0 Å². The lowest BCUT2D eigenvalue weighted by Gasteiger charge is -2.12. The largest absolute Gasteiger partial charge is 0.377 e. The molecule has 0 bridgehead atoms. The van der Waals surface area contributed by atoms with Crippen LogP contribution in [0.1, 0.15) is 76.7 Å². The molecule has 0 aliphatic rings. The second kappa shape index (κ2) is 11.9. The number of ether oxygens (including phenoxy) is 1. The molecule has 0 fully saturated rings. The molecule has 1 nitrogen and oxygen atoms in total. The maximum atomic E-state index is 6.11. The second-order valence-corrected chi connectivity index (χ2v) is 8.03. The fourth-order valence-corrected chi connectivity index (χ4v) is 4.13. The third-order valence-corrected chi connectivity index (χ3v) is 5.77. The first-order valence-corrected chi connectivity index (χ1v) is 11.4. The van der Waals surface area contributed by atoms with Crippen LogP contribution in [0.2, 0.25) is 0 Å². The molecule has 0 saturated carbocycles.